The molecule has 0 spiro atoms. The van der Waals surface area contributed by atoms with Crippen LogP contribution < -0.4 is 0 Å². The van der Waals surface area contributed by atoms with Crippen molar-refractivity contribution in [2.24, 2.45) is 0 Å². The monoisotopic (exact) mass is 222 g/mol. The zero-order chi connectivity index (χ0) is 11.7. The second-order valence-electron chi connectivity index (χ2n) is 3.89. The lowest BCUT2D eigenvalue weighted by Crippen LogP contribution is -2.52. The summed E-state index contributed by atoms with van der Waals surface area (Å²) in [5.41, 5.74) is 0. The van der Waals surface area contributed by atoms with Crippen molar-refractivity contribution < 1.29 is 18.7 Å². The number of aliphatic hydroxyl groups excluding tert-OH is 1. The lowest BCUT2D eigenvalue weighted by Gasteiger charge is -2.37. The fourth-order valence-corrected chi connectivity index (χ4v) is 1.83. The van der Waals surface area contributed by atoms with Crippen molar-refractivity contribution in [1.29, 1.82) is 0 Å². The van der Waals surface area contributed by atoms with Crippen LogP contribution >= 0.6 is 0 Å². The lowest BCUT2D eigenvalue weighted by molar-refractivity contribution is -0.926. The van der Waals surface area contributed by atoms with E-state index in [9.17, 15) is 9.50 Å². The molecule has 1 atom stereocenters. The van der Waals surface area contributed by atoms with E-state index in [-0.39, 0.29) is 13.2 Å². The molecular weight excluding hydrogens is 197 g/mol. The average Bonchev–Trinajstić information content (AvgIpc) is 2.26. The van der Waals surface area contributed by atoms with Gasteiger partial charge in [-0.05, 0) is 20.8 Å². The van der Waals surface area contributed by atoms with E-state index in [1.165, 1.54) is 0 Å². The Morgan fingerprint density at radius 3 is 2.13 bits per heavy atom. The van der Waals surface area contributed by atoms with Gasteiger partial charge in [0.2, 0.25) is 0 Å². The Bertz CT molecular complexity index is 143. The van der Waals surface area contributed by atoms with E-state index in [0.717, 1.165) is 24.1 Å². The van der Waals surface area contributed by atoms with Crippen molar-refractivity contribution in [3.63, 3.8) is 0 Å². The summed E-state index contributed by atoms with van der Waals surface area (Å²) < 4.78 is 17.6. The molecule has 1 unspecified atom stereocenters. The number of alkyl halides is 1. The Morgan fingerprint density at radius 2 is 1.73 bits per heavy atom. The van der Waals surface area contributed by atoms with Crippen LogP contribution in [-0.2, 0) is 4.74 Å². The van der Waals surface area contributed by atoms with Crippen LogP contribution in [0.5, 0.6) is 0 Å². The predicted octanol–water partition coefficient (Wildman–Crippen LogP) is 1.21. The molecule has 4 heteroatoms. The van der Waals surface area contributed by atoms with Crippen LogP contribution in [0.4, 0.5) is 4.39 Å². The van der Waals surface area contributed by atoms with Crippen molar-refractivity contribution >= 4 is 0 Å². The minimum Gasteiger partial charge on any atom is -0.385 e. The van der Waals surface area contributed by atoms with Gasteiger partial charge in [-0.25, -0.2) is 4.39 Å². The topological polar surface area (TPSA) is 29.5 Å². The van der Waals surface area contributed by atoms with Gasteiger partial charge in [0.25, 0.3) is 0 Å². The number of likely N-dealkylation sites (N-methyl/N-ethyl adjacent to an activating group) is 1. The van der Waals surface area contributed by atoms with Crippen molar-refractivity contribution in [2.45, 2.75) is 26.9 Å². The highest BCUT2D eigenvalue weighted by Gasteiger charge is 2.24. The molecule has 0 aromatic heterocycles. The summed E-state index contributed by atoms with van der Waals surface area (Å²) in [5, 5.41) is 9.74. The summed E-state index contributed by atoms with van der Waals surface area (Å²) in [6.07, 6.45) is -0.489. The summed E-state index contributed by atoms with van der Waals surface area (Å²) in [6, 6.07) is 0. The molecule has 3 nitrogen and oxygen atoms in total. The van der Waals surface area contributed by atoms with Crippen molar-refractivity contribution in [2.75, 3.05) is 46.1 Å². The van der Waals surface area contributed by atoms with Gasteiger partial charge in [-0.1, -0.05) is 0 Å². The molecule has 0 radical (unpaired) electrons. The van der Waals surface area contributed by atoms with E-state index in [0.29, 0.717) is 6.54 Å². The molecule has 0 aliphatic heterocycles. The number of ether oxygens (including phenoxy) is 1. The Hall–Kier alpha value is -0.190. The zero-order valence-electron chi connectivity index (χ0n) is 10.2. The van der Waals surface area contributed by atoms with Gasteiger partial charge in [0.05, 0.1) is 32.8 Å². The zero-order valence-corrected chi connectivity index (χ0v) is 10.2. The summed E-state index contributed by atoms with van der Waals surface area (Å²) in [7, 11) is 0. The van der Waals surface area contributed by atoms with Gasteiger partial charge < -0.3 is 14.3 Å². The lowest BCUT2D eigenvalue weighted by atomic mass is 10.2. The first-order valence-electron chi connectivity index (χ1n) is 5.81. The molecule has 0 saturated carbocycles. The molecule has 15 heavy (non-hydrogen) atoms. The van der Waals surface area contributed by atoms with E-state index in [4.69, 9.17) is 4.74 Å². The van der Waals surface area contributed by atoms with Gasteiger partial charge in [-0.15, -0.1) is 0 Å². The molecule has 0 fully saturated rings. The maximum Gasteiger partial charge on any atom is 0.126 e. The number of hydrogen-bond donors (Lipinski definition) is 1. The first kappa shape index (κ1) is 14.8. The van der Waals surface area contributed by atoms with Crippen LogP contribution in [0.3, 0.4) is 0 Å². The molecule has 0 aliphatic rings. The van der Waals surface area contributed by atoms with E-state index in [2.05, 4.69) is 20.8 Å². The van der Waals surface area contributed by atoms with Crippen LogP contribution in [0.1, 0.15) is 20.8 Å². The van der Waals surface area contributed by atoms with E-state index >= 15 is 0 Å². The second kappa shape index (κ2) is 8.02. The largest absolute Gasteiger partial charge is 0.385 e. The van der Waals surface area contributed by atoms with Gasteiger partial charge in [0.1, 0.15) is 19.3 Å². The van der Waals surface area contributed by atoms with Gasteiger partial charge in [-0.2, -0.15) is 0 Å². The molecule has 0 bridgehead atoms. The van der Waals surface area contributed by atoms with Gasteiger partial charge in [0.15, 0.2) is 0 Å². The average molecular weight is 222 g/mol. The van der Waals surface area contributed by atoms with Crippen LogP contribution in [0.15, 0.2) is 0 Å². The summed E-state index contributed by atoms with van der Waals surface area (Å²) in [6.45, 7) is 9.93. The molecular formula is C11H25FNO2+. The van der Waals surface area contributed by atoms with Gasteiger partial charge in [0, 0.05) is 0 Å². The number of rotatable bonds is 9. The number of halogens is 1. The minimum atomic E-state index is -0.489. The fraction of sp³-hybridized carbons (Fsp3) is 1.00. The smallest absolute Gasteiger partial charge is 0.126 e. The summed E-state index contributed by atoms with van der Waals surface area (Å²) in [5.74, 6) is 0. The SMILES string of the molecule is CC[N+](CC)(CC)CC(O)COCCF. The molecule has 0 aliphatic carbocycles. The van der Waals surface area contributed by atoms with Crippen LogP contribution in [0.25, 0.3) is 0 Å². The standard InChI is InChI=1S/C11H25FNO2/c1-4-13(5-2,6-3)9-11(14)10-15-8-7-12/h11,14H,4-10H2,1-3H3/q+1. The maximum absolute atomic E-state index is 11.8. The van der Waals surface area contributed by atoms with Gasteiger partial charge >= 0.3 is 0 Å². The minimum absolute atomic E-state index is 0.0848. The van der Waals surface area contributed by atoms with Crippen LogP contribution in [-0.4, -0.2) is 61.8 Å². The normalized spacial score (nSPS) is 14.2. The molecule has 0 amide bonds. The Labute approximate surface area is 92.4 Å². The molecule has 0 aromatic rings. The third-order valence-electron chi connectivity index (χ3n) is 3.14. The molecule has 0 aromatic carbocycles. The Morgan fingerprint density at radius 1 is 1.20 bits per heavy atom. The summed E-state index contributed by atoms with van der Waals surface area (Å²) >= 11 is 0. The first-order valence-corrected chi connectivity index (χ1v) is 5.81. The molecule has 0 heterocycles. The van der Waals surface area contributed by atoms with Gasteiger partial charge in [-0.3, -0.25) is 0 Å². The Balaban J connectivity index is 3.94. The van der Waals surface area contributed by atoms with Crippen molar-refractivity contribution in [1.82, 2.24) is 0 Å². The summed E-state index contributed by atoms with van der Waals surface area (Å²) in [4.78, 5) is 0. The molecule has 1 N–H and O–H groups in total. The fourth-order valence-electron chi connectivity index (χ4n) is 1.83. The third kappa shape index (κ3) is 5.44. The van der Waals surface area contributed by atoms with Crippen LogP contribution in [0.2, 0.25) is 0 Å². The second-order valence-corrected chi connectivity index (χ2v) is 3.89. The number of hydrogen-bond acceptors (Lipinski definition) is 2. The first-order chi connectivity index (χ1) is 7.14. The highest BCUT2D eigenvalue weighted by molar-refractivity contribution is 4.53. The molecule has 0 saturated heterocycles. The quantitative estimate of drug-likeness (QED) is 0.469. The Kier molecular flexibility index (Phi) is 7.92. The van der Waals surface area contributed by atoms with E-state index < -0.39 is 12.8 Å². The van der Waals surface area contributed by atoms with Crippen molar-refractivity contribution in [3.8, 4) is 0 Å². The van der Waals surface area contributed by atoms with E-state index in [1.54, 1.807) is 0 Å². The van der Waals surface area contributed by atoms with E-state index in [1.807, 2.05) is 0 Å². The maximum atomic E-state index is 11.8. The predicted molar refractivity (Wildman–Crippen MR) is 59.6 cm³/mol. The molecule has 92 valence electrons. The number of aliphatic hydroxyl groups is 1. The van der Waals surface area contributed by atoms with Crippen LogP contribution in [0, 0.1) is 0 Å². The third-order valence-corrected chi connectivity index (χ3v) is 3.14. The highest BCUT2D eigenvalue weighted by Crippen LogP contribution is 2.07. The van der Waals surface area contributed by atoms with Crippen molar-refractivity contribution in [3.05, 3.63) is 0 Å². The highest BCUT2D eigenvalue weighted by atomic mass is 19.1. The molecule has 0 rings (SSSR count). The number of quaternary nitrogens is 1. The number of nitrogens with zero attached hydrogens (tertiary/aromatic N) is 1.